The van der Waals surface area contributed by atoms with Gasteiger partial charge in [0.25, 0.3) is 0 Å². The number of hydrogen-bond acceptors (Lipinski definition) is 0. The molecule has 0 aromatic heterocycles. The average molecular weight is 399 g/mol. The van der Waals surface area contributed by atoms with Gasteiger partial charge in [-0.3, -0.25) is 0 Å². The number of benzene rings is 4. The monoisotopic (exact) mass is 398 g/mol. The minimum Gasteiger partial charge on any atom is -0.0683 e. The molecule has 4 aromatic carbocycles. The van der Waals surface area contributed by atoms with Gasteiger partial charge in [-0.15, -0.1) is 0 Å². The topological polar surface area (TPSA) is 0 Å². The molecule has 1 aliphatic rings. The van der Waals surface area contributed by atoms with Gasteiger partial charge in [-0.1, -0.05) is 140 Å². The van der Waals surface area contributed by atoms with Crippen molar-refractivity contribution in [1.82, 2.24) is 0 Å². The summed E-state index contributed by atoms with van der Waals surface area (Å²) in [6.45, 7) is 16.0. The van der Waals surface area contributed by atoms with Crippen LogP contribution in [-0.2, 0) is 0 Å². The van der Waals surface area contributed by atoms with E-state index < -0.39 is 0 Å². The molecule has 30 heavy (non-hydrogen) atoms. The van der Waals surface area contributed by atoms with E-state index in [1.807, 2.05) is 55.4 Å². The van der Waals surface area contributed by atoms with E-state index in [1.54, 1.807) is 0 Å². The Morgan fingerprint density at radius 3 is 0.900 bits per heavy atom. The standard InChI is InChI=1S/C22H14.4C2H6/c1-3-11-18-16(9-1)17-10-2-4-12-19(17)21-14-6-8-15-7-5-13-20(18)22(15)21;4*1-2/h1-14H;4*1-2H3. The fourth-order valence-corrected chi connectivity index (χ4v) is 3.70. The molecule has 0 saturated heterocycles. The fraction of sp³-hybridized carbons (Fsp3) is 0.267. The quantitative estimate of drug-likeness (QED) is 0.243. The Kier molecular flexibility index (Phi) is 11.2. The van der Waals surface area contributed by atoms with E-state index in [-0.39, 0.29) is 0 Å². The van der Waals surface area contributed by atoms with E-state index >= 15 is 0 Å². The van der Waals surface area contributed by atoms with Gasteiger partial charge in [0.1, 0.15) is 0 Å². The predicted molar refractivity (Wildman–Crippen MR) is 139 cm³/mol. The van der Waals surface area contributed by atoms with E-state index in [0.717, 1.165) is 0 Å². The highest BCUT2D eigenvalue weighted by Crippen LogP contribution is 2.46. The summed E-state index contributed by atoms with van der Waals surface area (Å²) < 4.78 is 0. The Bertz CT molecular complexity index is 945. The van der Waals surface area contributed by atoms with Crippen molar-refractivity contribution < 1.29 is 0 Å². The van der Waals surface area contributed by atoms with Crippen LogP contribution in [0.4, 0.5) is 0 Å². The van der Waals surface area contributed by atoms with Crippen molar-refractivity contribution in [2.75, 3.05) is 0 Å². The Morgan fingerprint density at radius 2 is 0.567 bits per heavy atom. The molecule has 158 valence electrons. The summed E-state index contributed by atoms with van der Waals surface area (Å²) in [5, 5.41) is 2.67. The van der Waals surface area contributed by atoms with Crippen LogP contribution in [0, 0.1) is 0 Å². The van der Waals surface area contributed by atoms with Gasteiger partial charge in [0.15, 0.2) is 0 Å². The second-order valence-corrected chi connectivity index (χ2v) is 5.80. The second kappa shape index (κ2) is 13.4. The van der Waals surface area contributed by atoms with Gasteiger partial charge >= 0.3 is 0 Å². The predicted octanol–water partition coefficient (Wildman–Crippen LogP) is 10.3. The molecule has 1 aliphatic carbocycles. The third-order valence-corrected chi connectivity index (χ3v) is 4.63. The van der Waals surface area contributed by atoms with Crippen LogP contribution in [0.1, 0.15) is 55.4 Å². The van der Waals surface area contributed by atoms with Gasteiger partial charge in [-0.25, -0.2) is 0 Å². The van der Waals surface area contributed by atoms with Crippen LogP contribution >= 0.6 is 0 Å². The average Bonchev–Trinajstić information content (AvgIpc) is 2.99. The number of hydrogen-bond donors (Lipinski definition) is 0. The lowest BCUT2D eigenvalue weighted by Crippen LogP contribution is -1.83. The first kappa shape index (κ1) is 25.2. The third kappa shape index (κ3) is 4.82. The smallest absolute Gasteiger partial charge is 0.00264 e. The van der Waals surface area contributed by atoms with Gasteiger partial charge in [0.2, 0.25) is 0 Å². The van der Waals surface area contributed by atoms with Crippen LogP contribution in [-0.4, -0.2) is 0 Å². The molecule has 0 atom stereocenters. The molecule has 0 unspecified atom stereocenters. The van der Waals surface area contributed by atoms with Crippen LogP contribution in [0.3, 0.4) is 0 Å². The van der Waals surface area contributed by atoms with E-state index in [2.05, 4.69) is 84.9 Å². The normalized spacial score (nSPS) is 9.33. The Balaban J connectivity index is 0.000000509. The summed E-state index contributed by atoms with van der Waals surface area (Å²) >= 11 is 0. The molecule has 0 heteroatoms. The van der Waals surface area contributed by atoms with Crippen LogP contribution in [0.5, 0.6) is 0 Å². The highest BCUT2D eigenvalue weighted by molar-refractivity contribution is 6.13. The van der Waals surface area contributed by atoms with Crippen LogP contribution in [0.25, 0.3) is 44.2 Å². The van der Waals surface area contributed by atoms with E-state index in [1.165, 1.54) is 44.2 Å². The molecule has 0 saturated carbocycles. The molecule has 0 amide bonds. The molecule has 0 fully saturated rings. The van der Waals surface area contributed by atoms with Gasteiger partial charge in [0.05, 0.1) is 0 Å². The molecule has 0 radical (unpaired) electrons. The summed E-state index contributed by atoms with van der Waals surface area (Å²) in [5.41, 5.74) is 7.96. The molecule has 0 spiro atoms. The fourth-order valence-electron chi connectivity index (χ4n) is 3.70. The minimum atomic E-state index is 1.31. The maximum absolute atomic E-state index is 2.25. The zero-order chi connectivity index (χ0) is 22.5. The molecule has 5 rings (SSSR count). The third-order valence-electron chi connectivity index (χ3n) is 4.63. The van der Waals surface area contributed by atoms with Gasteiger partial charge in [0, 0.05) is 0 Å². The van der Waals surface area contributed by atoms with Crippen molar-refractivity contribution in [3.8, 4) is 33.4 Å². The minimum absolute atomic E-state index is 1.31. The highest BCUT2D eigenvalue weighted by Gasteiger charge is 2.19. The first-order valence-electron chi connectivity index (χ1n) is 11.6. The summed E-state index contributed by atoms with van der Waals surface area (Å²) in [5.74, 6) is 0. The summed E-state index contributed by atoms with van der Waals surface area (Å²) in [7, 11) is 0. The maximum atomic E-state index is 2.25. The lowest BCUT2D eigenvalue weighted by atomic mass is 9.94. The Labute approximate surface area is 184 Å². The lowest BCUT2D eigenvalue weighted by Gasteiger charge is -2.09. The van der Waals surface area contributed by atoms with E-state index in [4.69, 9.17) is 0 Å². The number of fused-ring (bicyclic) bond motifs is 5. The van der Waals surface area contributed by atoms with Crippen LogP contribution < -0.4 is 0 Å². The SMILES string of the molecule is CC.CC.CC.CC.c1ccc2c(c1)-c1ccccc1-c1cccc3cccc-2c13. The summed E-state index contributed by atoms with van der Waals surface area (Å²) in [6.07, 6.45) is 0. The zero-order valence-electron chi connectivity index (χ0n) is 20.1. The van der Waals surface area contributed by atoms with Crippen molar-refractivity contribution in [3.63, 3.8) is 0 Å². The van der Waals surface area contributed by atoms with E-state index in [9.17, 15) is 0 Å². The Morgan fingerprint density at radius 1 is 0.300 bits per heavy atom. The van der Waals surface area contributed by atoms with Crippen molar-refractivity contribution >= 4 is 10.8 Å². The van der Waals surface area contributed by atoms with Gasteiger partial charge in [-0.2, -0.15) is 0 Å². The van der Waals surface area contributed by atoms with E-state index in [0.29, 0.717) is 0 Å². The second-order valence-electron chi connectivity index (χ2n) is 5.80. The molecule has 0 aliphatic heterocycles. The molecule has 0 heterocycles. The van der Waals surface area contributed by atoms with Crippen molar-refractivity contribution in [3.05, 3.63) is 84.9 Å². The van der Waals surface area contributed by atoms with Crippen molar-refractivity contribution in [2.45, 2.75) is 55.4 Å². The summed E-state index contributed by atoms with van der Waals surface area (Å²) in [4.78, 5) is 0. The maximum Gasteiger partial charge on any atom is -0.00264 e. The lowest BCUT2D eigenvalue weighted by molar-refractivity contribution is 1.50. The van der Waals surface area contributed by atoms with Crippen molar-refractivity contribution in [1.29, 1.82) is 0 Å². The largest absolute Gasteiger partial charge is 0.0683 e. The molecule has 0 nitrogen and oxygen atoms in total. The molecule has 0 bridgehead atoms. The highest BCUT2D eigenvalue weighted by atomic mass is 14.2. The molecular formula is C30H38. The van der Waals surface area contributed by atoms with Crippen molar-refractivity contribution in [2.24, 2.45) is 0 Å². The summed E-state index contributed by atoms with van der Waals surface area (Å²) in [6, 6.07) is 30.7. The van der Waals surface area contributed by atoms with Crippen LogP contribution in [0.2, 0.25) is 0 Å². The first-order valence-corrected chi connectivity index (χ1v) is 11.6. The molecule has 0 N–H and O–H groups in total. The van der Waals surface area contributed by atoms with Crippen LogP contribution in [0.15, 0.2) is 84.9 Å². The Hall–Kier alpha value is -2.86. The van der Waals surface area contributed by atoms with Gasteiger partial charge in [-0.05, 0) is 44.2 Å². The first-order chi connectivity index (χ1) is 14.9. The number of rotatable bonds is 0. The molecule has 4 aromatic rings. The molecular weight excluding hydrogens is 360 g/mol. The van der Waals surface area contributed by atoms with Gasteiger partial charge < -0.3 is 0 Å². The zero-order valence-corrected chi connectivity index (χ0v) is 20.1.